The number of aliphatic hydroxyl groups is 1. The second-order valence-electron chi connectivity index (χ2n) is 5.38. The summed E-state index contributed by atoms with van der Waals surface area (Å²) < 4.78 is 6.64. The summed E-state index contributed by atoms with van der Waals surface area (Å²) in [6.07, 6.45) is 0.769. The molecule has 22 heavy (non-hydrogen) atoms. The summed E-state index contributed by atoms with van der Waals surface area (Å²) in [6.45, 7) is 3.05. The fourth-order valence-electron chi connectivity index (χ4n) is 2.53. The van der Waals surface area contributed by atoms with Crippen LogP contribution in [0.5, 0.6) is 0 Å². The number of carbonyl (C=O) groups excluding carboxylic acids is 1. The van der Waals surface area contributed by atoms with Crippen LogP contribution in [0.3, 0.4) is 0 Å². The molecule has 1 N–H and O–H groups in total. The van der Waals surface area contributed by atoms with E-state index in [1.807, 2.05) is 0 Å². The third-order valence-corrected chi connectivity index (χ3v) is 4.93. The van der Waals surface area contributed by atoms with E-state index < -0.39 is 6.10 Å². The van der Waals surface area contributed by atoms with Gasteiger partial charge in [-0.1, -0.05) is 0 Å². The van der Waals surface area contributed by atoms with Crippen molar-refractivity contribution in [3.05, 3.63) is 27.1 Å². The van der Waals surface area contributed by atoms with Crippen LogP contribution >= 0.6 is 11.3 Å². The molecular weight excluding hydrogens is 306 g/mol. The molecule has 7 nitrogen and oxygen atoms in total. The van der Waals surface area contributed by atoms with Crippen molar-refractivity contribution in [2.24, 2.45) is 7.05 Å². The number of hydrogen-bond acceptors (Lipinski definition) is 6. The Morgan fingerprint density at radius 1 is 1.55 bits per heavy atom. The molecule has 0 radical (unpaired) electrons. The molecule has 1 fully saturated rings. The van der Waals surface area contributed by atoms with Crippen molar-refractivity contribution in [3.8, 4) is 0 Å². The normalized spacial score (nSPS) is 19.4. The quantitative estimate of drug-likeness (QED) is 0.807. The first-order valence-electron chi connectivity index (χ1n) is 6.99. The third-order valence-electron chi connectivity index (χ3n) is 3.74. The monoisotopic (exact) mass is 323 g/mol. The number of amides is 1. The molecule has 1 atom stereocenters. The molecular formula is C14H17N3O4S. The number of aliphatic hydroxyl groups excluding tert-OH is 1. The molecule has 3 heterocycles. The standard InChI is InChI=1S/C14H17N3O4S/c1-8-10-12(15-7-16(2)13(10)19)22-11(8)14(20)17-3-4-21-6-9(18)5-17/h7,9,18H,3-6H2,1-2H3/t9-/m0/s1. The summed E-state index contributed by atoms with van der Waals surface area (Å²) in [6, 6.07) is 0. The van der Waals surface area contributed by atoms with Gasteiger partial charge in [-0.15, -0.1) is 11.3 Å². The van der Waals surface area contributed by atoms with Gasteiger partial charge < -0.3 is 19.3 Å². The lowest BCUT2D eigenvalue weighted by Gasteiger charge is -2.20. The predicted octanol–water partition coefficient (Wildman–Crippen LogP) is 0.137. The molecule has 0 spiro atoms. The van der Waals surface area contributed by atoms with Crippen LogP contribution in [0.25, 0.3) is 10.2 Å². The Hall–Kier alpha value is -1.77. The fourth-order valence-corrected chi connectivity index (χ4v) is 3.64. The van der Waals surface area contributed by atoms with E-state index >= 15 is 0 Å². The van der Waals surface area contributed by atoms with Gasteiger partial charge in [0.25, 0.3) is 11.5 Å². The number of thiophene rings is 1. The minimum Gasteiger partial charge on any atom is -0.389 e. The number of ether oxygens (including phenoxy) is 1. The highest BCUT2D eigenvalue weighted by atomic mass is 32.1. The predicted molar refractivity (Wildman–Crippen MR) is 82.3 cm³/mol. The molecule has 1 aliphatic rings. The highest BCUT2D eigenvalue weighted by Crippen LogP contribution is 2.28. The van der Waals surface area contributed by atoms with Crippen LogP contribution in [0.15, 0.2) is 11.1 Å². The average molecular weight is 323 g/mol. The van der Waals surface area contributed by atoms with Gasteiger partial charge in [-0.25, -0.2) is 4.98 Å². The Balaban J connectivity index is 2.02. The number of hydrogen-bond donors (Lipinski definition) is 1. The smallest absolute Gasteiger partial charge is 0.264 e. The van der Waals surface area contributed by atoms with Crippen LogP contribution < -0.4 is 5.56 Å². The van der Waals surface area contributed by atoms with E-state index in [9.17, 15) is 14.7 Å². The highest BCUT2D eigenvalue weighted by molar-refractivity contribution is 7.20. The second-order valence-corrected chi connectivity index (χ2v) is 6.38. The Morgan fingerprint density at radius 3 is 3.09 bits per heavy atom. The van der Waals surface area contributed by atoms with Gasteiger partial charge in [0.05, 0.1) is 35.9 Å². The Kier molecular flexibility index (Phi) is 3.98. The average Bonchev–Trinajstić information content (AvgIpc) is 2.67. The van der Waals surface area contributed by atoms with Crippen LogP contribution in [0.2, 0.25) is 0 Å². The summed E-state index contributed by atoms with van der Waals surface area (Å²) in [7, 11) is 1.63. The number of aromatic nitrogens is 2. The van der Waals surface area contributed by atoms with Gasteiger partial charge in [0, 0.05) is 20.1 Å². The third kappa shape index (κ3) is 2.53. The molecule has 0 aliphatic carbocycles. The van der Waals surface area contributed by atoms with E-state index in [0.29, 0.717) is 33.8 Å². The van der Waals surface area contributed by atoms with Crippen LogP contribution in [0.4, 0.5) is 0 Å². The molecule has 118 valence electrons. The van der Waals surface area contributed by atoms with Crippen LogP contribution in [0.1, 0.15) is 15.2 Å². The summed E-state index contributed by atoms with van der Waals surface area (Å²) in [5, 5.41) is 10.3. The lowest BCUT2D eigenvalue weighted by molar-refractivity contribution is 0.0535. The van der Waals surface area contributed by atoms with Gasteiger partial charge in [-0.05, 0) is 12.5 Å². The molecule has 0 aromatic carbocycles. The van der Waals surface area contributed by atoms with Crippen molar-refractivity contribution in [1.29, 1.82) is 0 Å². The molecule has 2 aromatic heterocycles. The Morgan fingerprint density at radius 2 is 2.32 bits per heavy atom. The minimum absolute atomic E-state index is 0.156. The van der Waals surface area contributed by atoms with Crippen molar-refractivity contribution >= 4 is 27.5 Å². The number of nitrogens with zero attached hydrogens (tertiary/aromatic N) is 3. The molecule has 3 rings (SSSR count). The van der Waals surface area contributed by atoms with Crippen molar-refractivity contribution in [2.75, 3.05) is 26.3 Å². The summed E-state index contributed by atoms with van der Waals surface area (Å²) in [4.78, 5) is 31.8. The second kappa shape index (κ2) is 5.79. The lowest BCUT2D eigenvalue weighted by Crippen LogP contribution is -2.37. The van der Waals surface area contributed by atoms with Gasteiger partial charge in [-0.2, -0.15) is 0 Å². The largest absolute Gasteiger partial charge is 0.389 e. The van der Waals surface area contributed by atoms with Crippen molar-refractivity contribution in [2.45, 2.75) is 13.0 Å². The maximum atomic E-state index is 12.7. The highest BCUT2D eigenvalue weighted by Gasteiger charge is 2.26. The topological polar surface area (TPSA) is 84.7 Å². The lowest BCUT2D eigenvalue weighted by atomic mass is 10.2. The molecule has 1 saturated heterocycles. The molecule has 2 aromatic rings. The molecule has 0 bridgehead atoms. The van der Waals surface area contributed by atoms with Gasteiger partial charge in [0.1, 0.15) is 4.83 Å². The van der Waals surface area contributed by atoms with Gasteiger partial charge in [0.15, 0.2) is 0 Å². The molecule has 0 saturated carbocycles. The van der Waals surface area contributed by atoms with Crippen molar-refractivity contribution in [1.82, 2.24) is 14.5 Å². The summed E-state index contributed by atoms with van der Waals surface area (Å²) >= 11 is 1.22. The van der Waals surface area contributed by atoms with E-state index in [-0.39, 0.29) is 24.6 Å². The summed E-state index contributed by atoms with van der Waals surface area (Å²) in [5.74, 6) is -0.188. The minimum atomic E-state index is -0.688. The number of β-amino-alcohol motifs (C(OH)–C–C–N with tert-alkyl or cyclic N) is 1. The zero-order valence-electron chi connectivity index (χ0n) is 12.4. The van der Waals surface area contributed by atoms with E-state index in [4.69, 9.17) is 4.74 Å². The van der Waals surface area contributed by atoms with E-state index in [0.717, 1.165) is 0 Å². The van der Waals surface area contributed by atoms with Crippen molar-refractivity contribution < 1.29 is 14.6 Å². The summed E-state index contributed by atoms with van der Waals surface area (Å²) in [5.41, 5.74) is 0.496. The number of fused-ring (bicyclic) bond motifs is 1. The zero-order valence-corrected chi connectivity index (χ0v) is 13.2. The maximum absolute atomic E-state index is 12.7. The van der Waals surface area contributed by atoms with Crippen LogP contribution in [0, 0.1) is 6.92 Å². The first-order chi connectivity index (χ1) is 10.5. The fraction of sp³-hybridized carbons (Fsp3) is 0.500. The first kappa shape index (κ1) is 15.1. The number of aryl methyl sites for hydroxylation is 2. The Labute approximate surface area is 130 Å². The van der Waals surface area contributed by atoms with Crippen LogP contribution in [-0.4, -0.2) is 57.9 Å². The zero-order chi connectivity index (χ0) is 15.9. The SMILES string of the molecule is Cc1c(C(=O)N2CCOC[C@@H](O)C2)sc2ncn(C)c(=O)c12. The van der Waals surface area contributed by atoms with Crippen molar-refractivity contribution in [3.63, 3.8) is 0 Å². The van der Waals surface area contributed by atoms with E-state index in [2.05, 4.69) is 4.98 Å². The first-order valence-corrected chi connectivity index (χ1v) is 7.80. The van der Waals surface area contributed by atoms with E-state index in [1.165, 1.54) is 22.2 Å². The molecule has 1 amide bonds. The maximum Gasteiger partial charge on any atom is 0.264 e. The van der Waals surface area contributed by atoms with Gasteiger partial charge in [-0.3, -0.25) is 9.59 Å². The van der Waals surface area contributed by atoms with E-state index in [1.54, 1.807) is 18.9 Å². The Bertz CT molecular complexity index is 782. The number of carbonyl (C=O) groups is 1. The van der Waals surface area contributed by atoms with Crippen LogP contribution in [-0.2, 0) is 11.8 Å². The van der Waals surface area contributed by atoms with Gasteiger partial charge in [0.2, 0.25) is 0 Å². The molecule has 1 aliphatic heterocycles. The van der Waals surface area contributed by atoms with Gasteiger partial charge >= 0.3 is 0 Å². The molecule has 0 unspecified atom stereocenters. The molecule has 8 heteroatoms. The number of rotatable bonds is 1.